The summed E-state index contributed by atoms with van der Waals surface area (Å²) >= 11 is 0. The average Bonchev–Trinajstić information content (AvgIpc) is 2.58. The number of morpholine rings is 1. The molecule has 0 aliphatic carbocycles. The first-order chi connectivity index (χ1) is 11.5. The number of halogens is 3. The second kappa shape index (κ2) is 7.36. The van der Waals surface area contributed by atoms with E-state index in [9.17, 15) is 13.2 Å². The van der Waals surface area contributed by atoms with Crippen molar-refractivity contribution in [3.8, 4) is 0 Å². The van der Waals surface area contributed by atoms with E-state index in [4.69, 9.17) is 4.74 Å². The third-order valence-electron chi connectivity index (χ3n) is 4.14. The molecule has 0 unspecified atom stereocenters. The van der Waals surface area contributed by atoms with Crippen LogP contribution in [0.5, 0.6) is 0 Å². The van der Waals surface area contributed by atoms with Gasteiger partial charge in [-0.3, -0.25) is 9.88 Å². The molecule has 1 fully saturated rings. The van der Waals surface area contributed by atoms with Crippen LogP contribution in [0.1, 0.15) is 12.0 Å². The van der Waals surface area contributed by atoms with Gasteiger partial charge in [-0.15, -0.1) is 0 Å². The van der Waals surface area contributed by atoms with Crippen molar-refractivity contribution in [2.24, 2.45) is 0 Å². The Labute approximate surface area is 138 Å². The number of fused-ring (bicyclic) bond motifs is 1. The topological polar surface area (TPSA) is 37.4 Å². The van der Waals surface area contributed by atoms with Crippen LogP contribution in [0, 0.1) is 0 Å². The molecule has 4 nitrogen and oxygen atoms in total. The molecule has 1 saturated heterocycles. The van der Waals surface area contributed by atoms with Gasteiger partial charge in [-0.1, -0.05) is 6.07 Å². The molecular formula is C17H20F3N3O. The van der Waals surface area contributed by atoms with Crippen molar-refractivity contribution in [3.63, 3.8) is 0 Å². The van der Waals surface area contributed by atoms with Crippen LogP contribution in [0.3, 0.4) is 0 Å². The fraction of sp³-hybridized carbons (Fsp3) is 0.471. The summed E-state index contributed by atoms with van der Waals surface area (Å²) in [4.78, 5) is 6.41. The van der Waals surface area contributed by atoms with Gasteiger partial charge in [0.2, 0.25) is 0 Å². The quantitative estimate of drug-likeness (QED) is 0.848. The molecule has 0 amide bonds. The van der Waals surface area contributed by atoms with E-state index in [-0.39, 0.29) is 0 Å². The van der Waals surface area contributed by atoms with Crippen molar-refractivity contribution >= 4 is 16.6 Å². The fourth-order valence-electron chi connectivity index (χ4n) is 2.83. The van der Waals surface area contributed by atoms with Gasteiger partial charge in [0.05, 0.1) is 24.3 Å². The van der Waals surface area contributed by atoms with Crippen LogP contribution in [-0.2, 0) is 10.9 Å². The number of benzene rings is 1. The van der Waals surface area contributed by atoms with Crippen LogP contribution in [0.15, 0.2) is 30.5 Å². The molecule has 7 heteroatoms. The summed E-state index contributed by atoms with van der Waals surface area (Å²) in [5, 5.41) is 4.01. The van der Waals surface area contributed by atoms with Crippen molar-refractivity contribution in [1.29, 1.82) is 0 Å². The van der Waals surface area contributed by atoms with Gasteiger partial charge in [-0.2, -0.15) is 13.2 Å². The lowest BCUT2D eigenvalue weighted by molar-refractivity contribution is -0.137. The first-order valence-electron chi connectivity index (χ1n) is 8.04. The zero-order valence-corrected chi connectivity index (χ0v) is 13.3. The number of rotatable bonds is 5. The maximum Gasteiger partial charge on any atom is 0.416 e. The van der Waals surface area contributed by atoms with Gasteiger partial charge < -0.3 is 10.1 Å². The minimum atomic E-state index is -4.35. The Balaban J connectivity index is 1.62. The Bertz CT molecular complexity index is 684. The number of ether oxygens (including phenoxy) is 1. The lowest BCUT2D eigenvalue weighted by atomic mass is 10.1. The predicted octanol–water partition coefficient (Wildman–Crippen LogP) is 3.39. The van der Waals surface area contributed by atoms with E-state index in [2.05, 4.69) is 15.2 Å². The normalized spacial score (nSPS) is 16.5. The molecule has 0 radical (unpaired) electrons. The third kappa shape index (κ3) is 4.15. The lowest BCUT2D eigenvalue weighted by Crippen LogP contribution is -2.37. The van der Waals surface area contributed by atoms with E-state index in [1.165, 1.54) is 12.3 Å². The van der Waals surface area contributed by atoms with E-state index in [0.29, 0.717) is 10.9 Å². The number of anilines is 1. The van der Waals surface area contributed by atoms with Gasteiger partial charge in [-0.25, -0.2) is 0 Å². The molecule has 2 aromatic rings. The van der Waals surface area contributed by atoms with E-state index < -0.39 is 11.7 Å². The molecule has 0 spiro atoms. The molecule has 130 valence electrons. The smallest absolute Gasteiger partial charge is 0.384 e. The Hall–Kier alpha value is -1.86. The number of hydrogen-bond donors (Lipinski definition) is 1. The van der Waals surface area contributed by atoms with Gasteiger partial charge in [0, 0.05) is 36.9 Å². The highest BCUT2D eigenvalue weighted by atomic mass is 19.4. The summed E-state index contributed by atoms with van der Waals surface area (Å²) < 4.78 is 43.7. The highest BCUT2D eigenvalue weighted by molar-refractivity contribution is 5.91. The zero-order valence-electron chi connectivity index (χ0n) is 13.3. The number of alkyl halides is 3. The lowest BCUT2D eigenvalue weighted by Gasteiger charge is -2.26. The Morgan fingerprint density at radius 1 is 1.17 bits per heavy atom. The van der Waals surface area contributed by atoms with Crippen molar-refractivity contribution in [3.05, 3.63) is 36.0 Å². The van der Waals surface area contributed by atoms with Crippen LogP contribution < -0.4 is 5.32 Å². The first kappa shape index (κ1) is 17.0. The van der Waals surface area contributed by atoms with E-state index in [1.54, 1.807) is 6.07 Å². The Kier molecular flexibility index (Phi) is 5.20. The molecule has 1 aliphatic heterocycles. The maximum absolute atomic E-state index is 12.8. The number of nitrogens with one attached hydrogen (secondary N) is 1. The molecule has 24 heavy (non-hydrogen) atoms. The highest BCUT2D eigenvalue weighted by Gasteiger charge is 2.30. The van der Waals surface area contributed by atoms with Crippen LogP contribution in [0.4, 0.5) is 18.9 Å². The average molecular weight is 339 g/mol. The number of hydrogen-bond acceptors (Lipinski definition) is 4. The first-order valence-corrected chi connectivity index (χ1v) is 8.04. The fourth-order valence-corrected chi connectivity index (χ4v) is 2.83. The number of aromatic nitrogens is 1. The van der Waals surface area contributed by atoms with Gasteiger partial charge in [-0.05, 0) is 31.2 Å². The monoisotopic (exact) mass is 339 g/mol. The molecule has 1 aromatic heterocycles. The summed E-state index contributed by atoms with van der Waals surface area (Å²) in [5.74, 6) is 0. The summed E-state index contributed by atoms with van der Waals surface area (Å²) in [6.45, 7) is 5.22. The molecular weight excluding hydrogens is 319 g/mol. The SMILES string of the molecule is FC(F)(F)c1ccc2c(NCCCN3CCOCC3)ccnc2c1. The van der Waals surface area contributed by atoms with Gasteiger partial charge in [0.25, 0.3) is 0 Å². The van der Waals surface area contributed by atoms with E-state index in [1.807, 2.05) is 0 Å². The summed E-state index contributed by atoms with van der Waals surface area (Å²) in [6, 6.07) is 5.47. The van der Waals surface area contributed by atoms with Gasteiger partial charge in [0.15, 0.2) is 0 Å². The van der Waals surface area contributed by atoms with E-state index in [0.717, 1.165) is 63.6 Å². The minimum absolute atomic E-state index is 0.350. The van der Waals surface area contributed by atoms with Crippen LogP contribution in [0.25, 0.3) is 10.9 Å². The number of pyridine rings is 1. The van der Waals surface area contributed by atoms with Gasteiger partial charge >= 0.3 is 6.18 Å². The summed E-state index contributed by atoms with van der Waals surface area (Å²) in [5.41, 5.74) is 0.491. The minimum Gasteiger partial charge on any atom is -0.384 e. The number of nitrogens with zero attached hydrogens (tertiary/aromatic N) is 2. The standard InChI is InChI=1S/C17H20F3N3O/c18-17(19,20)13-2-3-14-15(4-6-22-16(14)12-13)21-5-1-7-23-8-10-24-11-9-23/h2-4,6,12H,1,5,7-11H2,(H,21,22). The van der Waals surface area contributed by atoms with E-state index >= 15 is 0 Å². The molecule has 3 rings (SSSR count). The molecule has 0 atom stereocenters. The Morgan fingerprint density at radius 2 is 1.96 bits per heavy atom. The van der Waals surface area contributed by atoms with Crippen molar-refractivity contribution in [2.45, 2.75) is 12.6 Å². The predicted molar refractivity (Wildman–Crippen MR) is 87.1 cm³/mol. The van der Waals surface area contributed by atoms with Crippen LogP contribution >= 0.6 is 0 Å². The van der Waals surface area contributed by atoms with Gasteiger partial charge in [0.1, 0.15) is 0 Å². The molecule has 0 saturated carbocycles. The second-order valence-electron chi connectivity index (χ2n) is 5.82. The molecule has 1 aromatic carbocycles. The summed E-state index contributed by atoms with van der Waals surface area (Å²) in [6.07, 6.45) is -1.85. The maximum atomic E-state index is 12.8. The van der Waals surface area contributed by atoms with Crippen molar-refractivity contribution in [1.82, 2.24) is 9.88 Å². The zero-order chi connectivity index (χ0) is 17.0. The highest BCUT2D eigenvalue weighted by Crippen LogP contribution is 2.32. The molecule has 1 N–H and O–H groups in total. The third-order valence-corrected chi connectivity index (χ3v) is 4.14. The van der Waals surface area contributed by atoms with Crippen molar-refractivity contribution < 1.29 is 17.9 Å². The summed E-state index contributed by atoms with van der Waals surface area (Å²) in [7, 11) is 0. The second-order valence-corrected chi connectivity index (χ2v) is 5.82. The largest absolute Gasteiger partial charge is 0.416 e. The van der Waals surface area contributed by atoms with Crippen molar-refractivity contribution in [2.75, 3.05) is 44.7 Å². The van der Waals surface area contributed by atoms with Crippen LogP contribution in [0.2, 0.25) is 0 Å². The molecule has 1 aliphatic rings. The van der Waals surface area contributed by atoms with Crippen LogP contribution in [-0.4, -0.2) is 49.3 Å². The molecule has 0 bridgehead atoms. The molecule has 2 heterocycles. The Morgan fingerprint density at radius 3 is 2.71 bits per heavy atom.